The molecule has 0 radical (unpaired) electrons. The van der Waals surface area contributed by atoms with Crippen LogP contribution in [0.2, 0.25) is 5.02 Å². The quantitative estimate of drug-likeness (QED) is 0.739. The standard InChI is InChI=1S/C17H24ClNO/c1-2-3-4-5-13-19-16(20)17(11-6-12-17)14-7-9-15(18)10-8-14/h7-10H,2-6,11-13H2,1H3,(H,19,20). The van der Waals surface area contributed by atoms with Crippen molar-refractivity contribution in [1.29, 1.82) is 0 Å². The number of carbonyl (C=O) groups excluding carboxylic acids is 1. The van der Waals surface area contributed by atoms with Crippen LogP contribution >= 0.6 is 11.6 Å². The molecule has 3 heteroatoms. The number of nitrogens with one attached hydrogen (secondary N) is 1. The fourth-order valence-electron chi connectivity index (χ4n) is 2.87. The fraction of sp³-hybridized carbons (Fsp3) is 0.588. The third kappa shape index (κ3) is 3.35. The SMILES string of the molecule is CCCCCCNC(=O)C1(c2ccc(Cl)cc2)CCC1. The van der Waals surface area contributed by atoms with Gasteiger partial charge in [-0.15, -0.1) is 0 Å². The summed E-state index contributed by atoms with van der Waals surface area (Å²) < 4.78 is 0. The molecule has 1 fully saturated rings. The highest BCUT2D eigenvalue weighted by atomic mass is 35.5. The molecular formula is C17H24ClNO. The summed E-state index contributed by atoms with van der Waals surface area (Å²) in [6.45, 7) is 3.00. The highest BCUT2D eigenvalue weighted by Gasteiger charge is 2.45. The van der Waals surface area contributed by atoms with E-state index in [-0.39, 0.29) is 11.3 Å². The van der Waals surface area contributed by atoms with Crippen molar-refractivity contribution in [2.45, 2.75) is 57.3 Å². The Morgan fingerprint density at radius 1 is 1.20 bits per heavy atom. The van der Waals surface area contributed by atoms with E-state index in [1.54, 1.807) is 0 Å². The van der Waals surface area contributed by atoms with Gasteiger partial charge >= 0.3 is 0 Å². The molecule has 1 N–H and O–H groups in total. The van der Waals surface area contributed by atoms with Gasteiger partial charge in [-0.1, -0.05) is 56.3 Å². The maximum absolute atomic E-state index is 12.5. The Labute approximate surface area is 126 Å². The van der Waals surface area contributed by atoms with Gasteiger partial charge in [0.05, 0.1) is 5.41 Å². The molecule has 0 spiro atoms. The van der Waals surface area contributed by atoms with E-state index in [0.717, 1.165) is 42.8 Å². The summed E-state index contributed by atoms with van der Waals surface area (Å²) in [7, 11) is 0. The van der Waals surface area contributed by atoms with Gasteiger partial charge in [0.2, 0.25) is 5.91 Å². The van der Waals surface area contributed by atoms with Crippen LogP contribution in [0.25, 0.3) is 0 Å². The molecule has 0 bridgehead atoms. The Morgan fingerprint density at radius 3 is 2.45 bits per heavy atom. The lowest BCUT2D eigenvalue weighted by atomic mass is 9.64. The topological polar surface area (TPSA) is 29.1 Å². The molecule has 1 aliphatic rings. The predicted octanol–water partition coefficient (Wildman–Crippen LogP) is 4.46. The van der Waals surface area contributed by atoms with E-state index in [4.69, 9.17) is 11.6 Å². The first-order valence-corrected chi connectivity index (χ1v) is 8.11. The van der Waals surface area contributed by atoms with E-state index in [1.807, 2.05) is 24.3 Å². The largest absolute Gasteiger partial charge is 0.355 e. The number of rotatable bonds is 7. The summed E-state index contributed by atoms with van der Waals surface area (Å²) >= 11 is 5.93. The molecule has 0 unspecified atom stereocenters. The van der Waals surface area contributed by atoms with Gasteiger partial charge in [0.15, 0.2) is 0 Å². The Balaban J connectivity index is 1.93. The smallest absolute Gasteiger partial charge is 0.230 e. The van der Waals surface area contributed by atoms with Gasteiger partial charge in [-0.3, -0.25) is 4.79 Å². The van der Waals surface area contributed by atoms with Crippen LogP contribution in [0.5, 0.6) is 0 Å². The number of hydrogen-bond acceptors (Lipinski definition) is 1. The van der Waals surface area contributed by atoms with Gasteiger partial charge in [0.25, 0.3) is 0 Å². The second-order valence-electron chi connectivity index (χ2n) is 5.76. The number of unbranched alkanes of at least 4 members (excludes halogenated alkanes) is 3. The molecule has 0 saturated heterocycles. The predicted molar refractivity (Wildman–Crippen MR) is 84.1 cm³/mol. The Morgan fingerprint density at radius 2 is 1.90 bits per heavy atom. The maximum Gasteiger partial charge on any atom is 0.230 e. The zero-order valence-electron chi connectivity index (χ0n) is 12.3. The molecule has 1 saturated carbocycles. The van der Waals surface area contributed by atoms with Gasteiger partial charge in [-0.2, -0.15) is 0 Å². The lowest BCUT2D eigenvalue weighted by molar-refractivity contribution is -0.129. The minimum absolute atomic E-state index is 0.197. The monoisotopic (exact) mass is 293 g/mol. The summed E-state index contributed by atoms with van der Waals surface area (Å²) in [5.74, 6) is 0.197. The molecule has 0 atom stereocenters. The first-order chi connectivity index (χ1) is 9.69. The first-order valence-electron chi connectivity index (χ1n) is 7.73. The second kappa shape index (κ2) is 7.12. The zero-order chi connectivity index (χ0) is 14.4. The molecule has 1 aromatic carbocycles. The normalized spacial score (nSPS) is 16.5. The van der Waals surface area contributed by atoms with Crippen LogP contribution in [-0.2, 0) is 10.2 Å². The van der Waals surface area contributed by atoms with Gasteiger partial charge in [0.1, 0.15) is 0 Å². The first kappa shape index (κ1) is 15.4. The molecule has 110 valence electrons. The highest BCUT2D eigenvalue weighted by molar-refractivity contribution is 6.30. The van der Waals surface area contributed by atoms with Crippen LogP contribution in [0, 0.1) is 0 Å². The van der Waals surface area contributed by atoms with Crippen molar-refractivity contribution in [2.75, 3.05) is 6.54 Å². The van der Waals surface area contributed by atoms with Crippen molar-refractivity contribution >= 4 is 17.5 Å². The average Bonchev–Trinajstić information content (AvgIpc) is 2.39. The van der Waals surface area contributed by atoms with E-state index in [9.17, 15) is 4.79 Å². The zero-order valence-corrected chi connectivity index (χ0v) is 13.0. The average molecular weight is 294 g/mol. The minimum Gasteiger partial charge on any atom is -0.355 e. The van der Waals surface area contributed by atoms with E-state index in [0.29, 0.717) is 0 Å². The van der Waals surface area contributed by atoms with Crippen molar-refractivity contribution in [3.8, 4) is 0 Å². The second-order valence-corrected chi connectivity index (χ2v) is 6.20. The Hall–Kier alpha value is -1.02. The molecule has 2 rings (SSSR count). The van der Waals surface area contributed by atoms with Gasteiger partial charge in [-0.25, -0.2) is 0 Å². The van der Waals surface area contributed by atoms with Gasteiger partial charge in [-0.05, 0) is 37.0 Å². The van der Waals surface area contributed by atoms with Crippen LogP contribution in [0.3, 0.4) is 0 Å². The van der Waals surface area contributed by atoms with E-state index >= 15 is 0 Å². The molecule has 1 aliphatic carbocycles. The van der Waals surface area contributed by atoms with Gasteiger partial charge in [0, 0.05) is 11.6 Å². The summed E-state index contributed by atoms with van der Waals surface area (Å²) in [6.07, 6.45) is 7.79. The molecule has 0 aromatic heterocycles. The molecule has 0 aliphatic heterocycles. The summed E-state index contributed by atoms with van der Waals surface area (Å²) in [6, 6.07) is 7.76. The van der Waals surface area contributed by atoms with Crippen molar-refractivity contribution in [3.63, 3.8) is 0 Å². The van der Waals surface area contributed by atoms with Crippen molar-refractivity contribution < 1.29 is 4.79 Å². The van der Waals surface area contributed by atoms with Crippen molar-refractivity contribution in [2.24, 2.45) is 0 Å². The minimum atomic E-state index is -0.296. The van der Waals surface area contributed by atoms with Crippen LogP contribution in [0.1, 0.15) is 57.4 Å². The summed E-state index contributed by atoms with van der Waals surface area (Å²) in [5.41, 5.74) is 0.814. The molecular weight excluding hydrogens is 270 g/mol. The number of amides is 1. The maximum atomic E-state index is 12.5. The Bertz CT molecular complexity index is 437. The lowest BCUT2D eigenvalue weighted by Gasteiger charge is -2.40. The molecule has 1 amide bonds. The number of hydrogen-bond donors (Lipinski definition) is 1. The molecule has 0 heterocycles. The number of carbonyl (C=O) groups is 1. The Kier molecular flexibility index (Phi) is 5.47. The van der Waals surface area contributed by atoms with E-state index in [2.05, 4.69) is 12.2 Å². The molecule has 2 nitrogen and oxygen atoms in total. The van der Waals surface area contributed by atoms with Crippen molar-refractivity contribution in [1.82, 2.24) is 5.32 Å². The van der Waals surface area contributed by atoms with Crippen LogP contribution in [0.4, 0.5) is 0 Å². The highest BCUT2D eigenvalue weighted by Crippen LogP contribution is 2.44. The number of benzene rings is 1. The summed E-state index contributed by atoms with van der Waals surface area (Å²) in [5, 5.41) is 3.85. The molecule has 20 heavy (non-hydrogen) atoms. The van der Waals surface area contributed by atoms with Gasteiger partial charge < -0.3 is 5.32 Å². The van der Waals surface area contributed by atoms with Crippen molar-refractivity contribution in [3.05, 3.63) is 34.9 Å². The lowest BCUT2D eigenvalue weighted by Crippen LogP contribution is -2.49. The number of halogens is 1. The van der Waals surface area contributed by atoms with Crippen LogP contribution < -0.4 is 5.32 Å². The third-order valence-corrected chi connectivity index (χ3v) is 4.61. The van der Waals surface area contributed by atoms with E-state index in [1.165, 1.54) is 19.3 Å². The van der Waals surface area contributed by atoms with Crippen LogP contribution in [-0.4, -0.2) is 12.5 Å². The third-order valence-electron chi connectivity index (χ3n) is 4.35. The molecule has 1 aromatic rings. The summed E-state index contributed by atoms with van der Waals surface area (Å²) in [4.78, 5) is 12.5. The van der Waals surface area contributed by atoms with E-state index < -0.39 is 0 Å². The van der Waals surface area contributed by atoms with Crippen LogP contribution in [0.15, 0.2) is 24.3 Å². The fourth-order valence-corrected chi connectivity index (χ4v) is 2.99.